The van der Waals surface area contributed by atoms with Crippen LogP contribution in [0.3, 0.4) is 0 Å². The van der Waals surface area contributed by atoms with Crippen LogP contribution in [0, 0.1) is 0 Å². The van der Waals surface area contributed by atoms with Gasteiger partial charge in [0, 0.05) is 13.3 Å². The molecule has 33 heteroatoms. The molecule has 20 N–H and O–H groups in total. The van der Waals surface area contributed by atoms with E-state index in [9.17, 15) is 106 Å². The second kappa shape index (κ2) is 26.4. The highest BCUT2D eigenvalue weighted by atomic mass is 16.8. The molecule has 0 aromatic carbocycles. The molecule has 0 aromatic rings. The molecule has 0 saturated carbocycles. The summed E-state index contributed by atoms with van der Waals surface area (Å²) in [5.74, 6) is -5.82. The Morgan fingerprint density at radius 2 is 1.18 bits per heavy atom. The first-order valence-electron chi connectivity index (χ1n) is 22.5. The summed E-state index contributed by atoms with van der Waals surface area (Å²) in [7, 11) is 0. The van der Waals surface area contributed by atoms with Gasteiger partial charge in [-0.05, 0) is 0 Å². The molecule has 0 radical (unpaired) electrons. The lowest BCUT2D eigenvalue weighted by molar-refractivity contribution is -0.383. The molecular weight excluding hydrogens is 992 g/mol. The number of ether oxygens (including phenoxy) is 10. The number of carboxylic acids is 1. The Labute approximate surface area is 407 Å². The number of carbonyl (C=O) groups excluding carboxylic acids is 2. The standard InChI is InChI=1S/C39H66N2O31/c1-11(48)41-19-24(55)30(69-36-27(58)25(56)22(53)18(68-36)9-64-39(38(61)62)2-13(49)20(51)33(72-39)21(52)14(50)4-43)16(6-45)66-34(19)71-32-23(54)15(5-44)65-37(29(32)60)70-31-17(7-46)67-35(28(59)26(31)57)63-8-12(3-42)40-10-47/h10,12-37,42-46,49-60H,2-9H2,1H3,(H,40,47)(H,41,48)(H,61,62)/t12-,13+,14-,15-,16-,17-,18-,19-,20-,21-,22+,23+,24-,25+,26-,27-,28-,29-,30-,31-,32+,33-,34+,35-,36+,37+,39-/m1/s1. The highest BCUT2D eigenvalue weighted by Gasteiger charge is 2.58. The Bertz CT molecular complexity index is 1710. The summed E-state index contributed by atoms with van der Waals surface area (Å²) in [4.78, 5) is 35.8. The van der Waals surface area contributed by atoms with Gasteiger partial charge in [0.1, 0.15) is 122 Å². The van der Waals surface area contributed by atoms with Gasteiger partial charge in [-0.25, -0.2) is 4.79 Å². The largest absolute Gasteiger partial charge is 0.477 e. The molecule has 5 saturated heterocycles. The Morgan fingerprint density at radius 1 is 0.639 bits per heavy atom. The molecule has 0 spiro atoms. The first kappa shape index (κ1) is 60.2. The van der Waals surface area contributed by atoms with Crippen LogP contribution < -0.4 is 10.6 Å². The second-order valence-corrected chi connectivity index (χ2v) is 17.6. The van der Waals surface area contributed by atoms with E-state index in [0.717, 1.165) is 6.92 Å². The van der Waals surface area contributed by atoms with Crippen molar-refractivity contribution in [3.05, 3.63) is 0 Å². The van der Waals surface area contributed by atoms with Crippen LogP contribution in [0.25, 0.3) is 0 Å². The van der Waals surface area contributed by atoms with Gasteiger partial charge in [0.2, 0.25) is 12.3 Å². The molecule has 2 amide bonds. The second-order valence-electron chi connectivity index (χ2n) is 17.6. The quantitative estimate of drug-likeness (QED) is 0.0423. The average molecular weight is 1060 g/mol. The van der Waals surface area contributed by atoms with Gasteiger partial charge in [0.05, 0.1) is 58.4 Å². The van der Waals surface area contributed by atoms with Gasteiger partial charge in [0.25, 0.3) is 5.79 Å². The lowest BCUT2D eigenvalue weighted by Gasteiger charge is -2.50. The highest BCUT2D eigenvalue weighted by molar-refractivity contribution is 5.76. The minimum atomic E-state index is -2.97. The van der Waals surface area contributed by atoms with Gasteiger partial charge in [-0.3, -0.25) is 9.59 Å². The van der Waals surface area contributed by atoms with Crippen molar-refractivity contribution < 1.29 is 154 Å². The number of carboxylic acid groups (broad SMARTS) is 1. The summed E-state index contributed by atoms with van der Waals surface area (Å²) in [6, 6.07) is -2.78. The zero-order valence-corrected chi connectivity index (χ0v) is 38.1. The summed E-state index contributed by atoms with van der Waals surface area (Å²) in [5.41, 5.74) is 0. The topological polar surface area (TPSA) is 532 Å². The van der Waals surface area contributed by atoms with E-state index in [1.165, 1.54) is 0 Å². The summed E-state index contributed by atoms with van der Waals surface area (Å²) in [5, 5.41) is 194. The number of aliphatic hydroxyl groups is 17. The third-order valence-electron chi connectivity index (χ3n) is 12.7. The molecule has 5 aliphatic rings. The minimum absolute atomic E-state index is 0.273. The number of carbonyl (C=O) groups is 3. The highest BCUT2D eigenvalue weighted by Crippen LogP contribution is 2.37. The van der Waals surface area contributed by atoms with E-state index in [1.807, 2.05) is 0 Å². The Morgan fingerprint density at radius 3 is 1.74 bits per heavy atom. The first-order chi connectivity index (χ1) is 34.0. The number of aliphatic carboxylic acids is 1. The molecule has 0 bridgehead atoms. The van der Waals surface area contributed by atoms with Crippen LogP contribution in [-0.4, -0.2) is 322 Å². The third-order valence-corrected chi connectivity index (χ3v) is 12.7. The van der Waals surface area contributed by atoms with Crippen molar-refractivity contribution in [1.29, 1.82) is 0 Å². The van der Waals surface area contributed by atoms with E-state index in [-0.39, 0.29) is 6.41 Å². The van der Waals surface area contributed by atoms with Crippen molar-refractivity contribution in [1.82, 2.24) is 10.6 Å². The van der Waals surface area contributed by atoms with Crippen LogP contribution in [0.15, 0.2) is 0 Å². The van der Waals surface area contributed by atoms with E-state index in [4.69, 9.17) is 47.4 Å². The van der Waals surface area contributed by atoms with E-state index < -0.39 is 230 Å². The minimum Gasteiger partial charge on any atom is -0.477 e. The summed E-state index contributed by atoms with van der Waals surface area (Å²) < 4.78 is 56.1. The van der Waals surface area contributed by atoms with Gasteiger partial charge < -0.3 is 150 Å². The van der Waals surface area contributed by atoms with Crippen molar-refractivity contribution in [2.24, 2.45) is 0 Å². The fourth-order valence-electron chi connectivity index (χ4n) is 8.58. The molecule has 72 heavy (non-hydrogen) atoms. The Hall–Kier alpha value is -2.67. The molecule has 27 atom stereocenters. The van der Waals surface area contributed by atoms with Gasteiger partial charge in [-0.2, -0.15) is 0 Å². The number of nitrogens with one attached hydrogen (secondary N) is 2. The average Bonchev–Trinajstić information content (AvgIpc) is 3.35. The molecule has 418 valence electrons. The van der Waals surface area contributed by atoms with Gasteiger partial charge in [-0.1, -0.05) is 0 Å². The molecule has 0 unspecified atom stereocenters. The zero-order chi connectivity index (χ0) is 53.5. The number of aliphatic hydroxyl groups excluding tert-OH is 17. The predicted octanol–water partition coefficient (Wildman–Crippen LogP) is -13.4. The van der Waals surface area contributed by atoms with Crippen LogP contribution in [0.1, 0.15) is 13.3 Å². The number of amides is 2. The van der Waals surface area contributed by atoms with E-state index in [0.29, 0.717) is 0 Å². The lowest BCUT2D eigenvalue weighted by atomic mass is 9.90. The molecular formula is C39H66N2O31. The number of hydrogen-bond donors (Lipinski definition) is 20. The normalized spacial score (nSPS) is 45.1. The van der Waals surface area contributed by atoms with Crippen LogP contribution in [0.2, 0.25) is 0 Å². The van der Waals surface area contributed by atoms with Crippen molar-refractivity contribution in [3.63, 3.8) is 0 Å². The monoisotopic (exact) mass is 1060 g/mol. The number of hydrogen-bond acceptors (Lipinski definition) is 30. The lowest BCUT2D eigenvalue weighted by Crippen LogP contribution is -2.70. The van der Waals surface area contributed by atoms with E-state index in [2.05, 4.69) is 10.6 Å². The maximum atomic E-state index is 12.5. The van der Waals surface area contributed by atoms with Gasteiger partial charge in [0.15, 0.2) is 25.2 Å². The van der Waals surface area contributed by atoms with Crippen molar-refractivity contribution in [3.8, 4) is 0 Å². The molecule has 33 nitrogen and oxygen atoms in total. The van der Waals surface area contributed by atoms with Crippen LogP contribution in [-0.2, 0) is 61.8 Å². The van der Waals surface area contributed by atoms with Crippen LogP contribution >= 0.6 is 0 Å². The maximum absolute atomic E-state index is 12.5. The predicted molar refractivity (Wildman–Crippen MR) is 219 cm³/mol. The number of rotatable bonds is 23. The third kappa shape index (κ3) is 13.3. The first-order valence-corrected chi connectivity index (χ1v) is 22.5. The Balaban J connectivity index is 1.32. The molecule has 5 heterocycles. The molecule has 0 aliphatic carbocycles. The van der Waals surface area contributed by atoms with E-state index in [1.54, 1.807) is 0 Å². The van der Waals surface area contributed by atoms with Crippen molar-refractivity contribution >= 4 is 18.3 Å². The van der Waals surface area contributed by atoms with Crippen molar-refractivity contribution in [2.75, 3.05) is 46.2 Å². The van der Waals surface area contributed by atoms with Gasteiger partial charge in [-0.15, -0.1) is 0 Å². The van der Waals surface area contributed by atoms with Crippen molar-refractivity contribution in [2.45, 2.75) is 178 Å². The van der Waals surface area contributed by atoms with Crippen LogP contribution in [0.5, 0.6) is 0 Å². The van der Waals surface area contributed by atoms with E-state index >= 15 is 0 Å². The molecule has 5 fully saturated rings. The smallest absolute Gasteiger partial charge is 0.364 e. The summed E-state index contributed by atoms with van der Waals surface area (Å²) >= 11 is 0. The molecule has 0 aromatic heterocycles. The molecule has 5 aliphatic heterocycles. The summed E-state index contributed by atoms with van der Waals surface area (Å²) in [6.07, 6.45) is -48.2. The SMILES string of the molecule is CC(=O)N[C@H]1[C@H](O[C@H]2[C@@H](O)[C@@H](CO)O[C@@H](O[C@H]3[C@H](O)[C@@H](O)[C@H](OC[C@@H](CO)NC=O)O[C@@H]3CO)[C@@H]2O)O[C@H](CO)[C@@H](O[C@@H]2O[C@H](CO[C@]3(C(=O)O)C[C@H](O)[C@@H](O)[C@H]([C@H](O)[C@H](O)CO)O3)[C@H](O)[C@H](O)[C@H]2O)[C@@H]1O. The fourth-order valence-corrected chi connectivity index (χ4v) is 8.58. The molecule has 5 rings (SSSR count). The summed E-state index contributed by atoms with van der Waals surface area (Å²) in [6.45, 7) is -5.25. The fraction of sp³-hybridized carbons (Fsp3) is 0.923. The Kier molecular flexibility index (Phi) is 22.1. The zero-order valence-electron chi connectivity index (χ0n) is 38.1. The van der Waals surface area contributed by atoms with Crippen LogP contribution in [0.4, 0.5) is 0 Å². The maximum Gasteiger partial charge on any atom is 0.364 e. The van der Waals surface area contributed by atoms with Gasteiger partial charge >= 0.3 is 5.97 Å².